The lowest BCUT2D eigenvalue weighted by Crippen LogP contribution is -2.08. The molecular formula is C21H23F2N3OS. The van der Waals surface area contributed by atoms with Gasteiger partial charge in [0.05, 0.1) is 17.9 Å². The molecule has 0 fully saturated rings. The van der Waals surface area contributed by atoms with Gasteiger partial charge >= 0.3 is 0 Å². The number of aliphatic hydroxyl groups is 1. The van der Waals surface area contributed by atoms with Crippen molar-refractivity contribution in [2.75, 3.05) is 6.61 Å². The smallest absolute Gasteiger partial charge is 0.127 e. The zero-order valence-corrected chi connectivity index (χ0v) is 16.7. The van der Waals surface area contributed by atoms with Crippen LogP contribution in [0.15, 0.2) is 52.5 Å². The fourth-order valence-electron chi connectivity index (χ4n) is 2.93. The predicted octanol–water partition coefficient (Wildman–Crippen LogP) is 4.80. The second-order valence-electron chi connectivity index (χ2n) is 6.81. The first kappa shape index (κ1) is 20.5. The second kappa shape index (κ2) is 9.30. The van der Waals surface area contributed by atoms with E-state index in [4.69, 9.17) is 4.98 Å². The van der Waals surface area contributed by atoms with Crippen LogP contribution < -0.4 is 0 Å². The van der Waals surface area contributed by atoms with E-state index in [1.54, 1.807) is 6.20 Å². The molecule has 2 heterocycles. The van der Waals surface area contributed by atoms with Gasteiger partial charge in [0.15, 0.2) is 0 Å². The average molecular weight is 403 g/mol. The number of hydrogen-bond donors (Lipinski definition) is 1. The minimum absolute atomic E-state index is 0.0744. The van der Waals surface area contributed by atoms with Gasteiger partial charge in [-0.25, -0.2) is 13.8 Å². The molecule has 1 aromatic carbocycles. The second-order valence-corrected chi connectivity index (χ2v) is 7.88. The van der Waals surface area contributed by atoms with Gasteiger partial charge in [-0.3, -0.25) is 4.98 Å². The Kier molecular flexibility index (Phi) is 6.80. The summed E-state index contributed by atoms with van der Waals surface area (Å²) in [6.45, 7) is 4.66. The molecule has 4 nitrogen and oxygen atoms in total. The van der Waals surface area contributed by atoms with Gasteiger partial charge in [-0.15, -0.1) is 0 Å². The Labute approximate surface area is 167 Å². The maximum absolute atomic E-state index is 13.7. The van der Waals surface area contributed by atoms with Crippen molar-refractivity contribution in [1.82, 2.24) is 14.5 Å². The summed E-state index contributed by atoms with van der Waals surface area (Å²) in [6.07, 6.45) is 2.94. The Morgan fingerprint density at radius 1 is 1.14 bits per heavy atom. The lowest BCUT2D eigenvalue weighted by molar-refractivity contribution is 0.287. The van der Waals surface area contributed by atoms with Crippen LogP contribution in [0.2, 0.25) is 0 Å². The summed E-state index contributed by atoms with van der Waals surface area (Å²) in [5.41, 5.74) is 1.74. The number of halogens is 2. The Hall–Kier alpha value is -2.25. The zero-order valence-electron chi connectivity index (χ0n) is 15.9. The van der Waals surface area contributed by atoms with Crippen LogP contribution in [-0.4, -0.2) is 26.2 Å². The van der Waals surface area contributed by atoms with Crippen LogP contribution in [-0.2, 0) is 13.0 Å². The van der Waals surface area contributed by atoms with Crippen LogP contribution >= 0.6 is 11.8 Å². The summed E-state index contributed by atoms with van der Waals surface area (Å²) < 4.78 is 29.4. The standard InChI is InChI=1S/C21H23F2N3OS/c1-14(2)20-21(28-18-11-15(22)10-16(23)12-18)26(19(25-20)7-5-9-27)13-17-6-3-4-8-24-17/h3-4,6,8,10-12,14,27H,5,7,9,13H2,1-2H3. The van der Waals surface area contributed by atoms with Crippen LogP contribution in [0.4, 0.5) is 8.78 Å². The highest BCUT2D eigenvalue weighted by molar-refractivity contribution is 7.99. The molecule has 28 heavy (non-hydrogen) atoms. The maximum Gasteiger partial charge on any atom is 0.127 e. The molecule has 1 N–H and O–H groups in total. The predicted molar refractivity (Wildman–Crippen MR) is 106 cm³/mol. The SMILES string of the molecule is CC(C)c1nc(CCCO)n(Cc2ccccn2)c1Sc1cc(F)cc(F)c1. The van der Waals surface area contributed by atoms with E-state index >= 15 is 0 Å². The van der Waals surface area contributed by atoms with E-state index in [0.29, 0.717) is 24.3 Å². The van der Waals surface area contributed by atoms with Crippen molar-refractivity contribution in [3.8, 4) is 0 Å². The molecule has 3 rings (SSSR count). The van der Waals surface area contributed by atoms with Crippen molar-refractivity contribution in [2.24, 2.45) is 0 Å². The van der Waals surface area contributed by atoms with Crippen molar-refractivity contribution in [3.05, 3.63) is 71.4 Å². The van der Waals surface area contributed by atoms with Crippen LogP contribution in [0, 0.1) is 11.6 Å². The summed E-state index contributed by atoms with van der Waals surface area (Å²) in [5, 5.41) is 10.1. The molecule has 0 saturated carbocycles. The summed E-state index contributed by atoms with van der Waals surface area (Å²) in [4.78, 5) is 9.68. The lowest BCUT2D eigenvalue weighted by atomic mass is 10.1. The number of aryl methyl sites for hydroxylation is 1. The first-order valence-corrected chi connectivity index (χ1v) is 10.0. The summed E-state index contributed by atoms with van der Waals surface area (Å²) >= 11 is 1.30. The van der Waals surface area contributed by atoms with E-state index < -0.39 is 11.6 Å². The van der Waals surface area contributed by atoms with Gasteiger partial charge in [0.2, 0.25) is 0 Å². The third-order valence-electron chi connectivity index (χ3n) is 4.23. The van der Waals surface area contributed by atoms with Crippen molar-refractivity contribution < 1.29 is 13.9 Å². The highest BCUT2D eigenvalue weighted by atomic mass is 32.2. The Morgan fingerprint density at radius 2 is 1.89 bits per heavy atom. The van der Waals surface area contributed by atoms with E-state index in [0.717, 1.165) is 28.3 Å². The first-order chi connectivity index (χ1) is 13.5. The Bertz CT molecular complexity index is 909. The van der Waals surface area contributed by atoms with Gasteiger partial charge in [0.25, 0.3) is 0 Å². The van der Waals surface area contributed by atoms with Crippen molar-refractivity contribution in [1.29, 1.82) is 0 Å². The number of hydrogen-bond acceptors (Lipinski definition) is 4. The van der Waals surface area contributed by atoms with Gasteiger partial charge < -0.3 is 9.67 Å². The Morgan fingerprint density at radius 3 is 2.50 bits per heavy atom. The molecule has 0 bridgehead atoms. The van der Waals surface area contributed by atoms with E-state index in [1.807, 2.05) is 36.6 Å². The zero-order chi connectivity index (χ0) is 20.1. The molecule has 2 aromatic heterocycles. The monoisotopic (exact) mass is 403 g/mol. The molecule has 0 saturated heterocycles. The maximum atomic E-state index is 13.7. The fraction of sp³-hybridized carbons (Fsp3) is 0.333. The summed E-state index contributed by atoms with van der Waals surface area (Å²) in [6, 6.07) is 9.22. The Balaban J connectivity index is 2.06. The molecule has 3 aromatic rings. The van der Waals surface area contributed by atoms with Gasteiger partial charge in [0.1, 0.15) is 22.5 Å². The highest BCUT2D eigenvalue weighted by Crippen LogP contribution is 2.36. The van der Waals surface area contributed by atoms with E-state index in [-0.39, 0.29) is 12.5 Å². The van der Waals surface area contributed by atoms with Gasteiger partial charge in [-0.05, 0) is 36.6 Å². The van der Waals surface area contributed by atoms with E-state index in [1.165, 1.54) is 23.9 Å². The van der Waals surface area contributed by atoms with Crippen molar-refractivity contribution in [3.63, 3.8) is 0 Å². The quantitative estimate of drug-likeness (QED) is 0.587. The van der Waals surface area contributed by atoms with Crippen LogP contribution in [0.25, 0.3) is 0 Å². The van der Waals surface area contributed by atoms with Crippen LogP contribution in [0.1, 0.15) is 43.4 Å². The minimum atomic E-state index is -0.607. The first-order valence-electron chi connectivity index (χ1n) is 9.22. The number of pyridine rings is 1. The van der Waals surface area contributed by atoms with Crippen LogP contribution in [0.3, 0.4) is 0 Å². The average Bonchev–Trinajstić information content (AvgIpc) is 2.97. The van der Waals surface area contributed by atoms with E-state index in [9.17, 15) is 13.9 Å². The molecule has 0 radical (unpaired) electrons. The number of aliphatic hydroxyl groups excluding tert-OH is 1. The van der Waals surface area contributed by atoms with Gasteiger partial charge in [-0.1, -0.05) is 31.7 Å². The molecule has 0 aliphatic heterocycles. The number of imidazole rings is 1. The molecule has 0 aliphatic carbocycles. The van der Waals surface area contributed by atoms with E-state index in [2.05, 4.69) is 4.98 Å². The van der Waals surface area contributed by atoms with Crippen molar-refractivity contribution in [2.45, 2.75) is 49.1 Å². The molecule has 7 heteroatoms. The number of benzene rings is 1. The largest absolute Gasteiger partial charge is 0.396 e. The summed E-state index contributed by atoms with van der Waals surface area (Å²) in [5.74, 6) is -0.240. The minimum Gasteiger partial charge on any atom is -0.396 e. The molecule has 0 unspecified atom stereocenters. The number of nitrogens with zero attached hydrogens (tertiary/aromatic N) is 3. The topological polar surface area (TPSA) is 50.9 Å². The number of aromatic nitrogens is 3. The highest BCUT2D eigenvalue weighted by Gasteiger charge is 2.21. The molecule has 148 valence electrons. The normalized spacial score (nSPS) is 11.4. The van der Waals surface area contributed by atoms with Crippen LogP contribution in [0.5, 0.6) is 0 Å². The molecule has 0 aliphatic rings. The third-order valence-corrected chi connectivity index (χ3v) is 5.32. The molecule has 0 atom stereocenters. The van der Waals surface area contributed by atoms with Gasteiger partial charge in [-0.2, -0.15) is 0 Å². The molecular weight excluding hydrogens is 380 g/mol. The van der Waals surface area contributed by atoms with Crippen molar-refractivity contribution >= 4 is 11.8 Å². The summed E-state index contributed by atoms with van der Waals surface area (Å²) in [7, 11) is 0. The fourth-order valence-corrected chi connectivity index (χ4v) is 4.16. The number of rotatable bonds is 8. The molecule has 0 amide bonds. The molecule has 0 spiro atoms. The lowest BCUT2D eigenvalue weighted by Gasteiger charge is -2.13. The van der Waals surface area contributed by atoms with Gasteiger partial charge in [0, 0.05) is 30.2 Å². The third kappa shape index (κ3) is 4.97.